The van der Waals surface area contributed by atoms with Crippen LogP contribution < -0.4 is 4.74 Å². The Kier molecular flexibility index (Phi) is 6.89. The molecule has 0 spiro atoms. The number of amides is 2. The second-order valence-electron chi connectivity index (χ2n) is 6.79. The van der Waals surface area contributed by atoms with Crippen LogP contribution in [0.5, 0.6) is 5.75 Å². The van der Waals surface area contributed by atoms with Gasteiger partial charge in [-0.25, -0.2) is 4.39 Å². The Hall–Kier alpha value is -3.13. The van der Waals surface area contributed by atoms with Crippen LogP contribution in [0.2, 0.25) is 0 Å². The number of hydrogen-bond donors (Lipinski definition) is 0. The maximum absolute atomic E-state index is 13.0. The van der Waals surface area contributed by atoms with Gasteiger partial charge in [0.15, 0.2) is 0 Å². The maximum atomic E-state index is 13.0. The monoisotopic (exact) mass is 429 g/mol. The number of imide groups is 1. The lowest BCUT2D eigenvalue weighted by Crippen LogP contribution is -2.35. The van der Waals surface area contributed by atoms with E-state index >= 15 is 0 Å². The molecule has 1 fully saturated rings. The Morgan fingerprint density at radius 2 is 1.90 bits per heavy atom. The minimum Gasteiger partial charge on any atom is -0.489 e. The smallest absolute Gasteiger partial charge is 0.326 e. The number of benzene rings is 2. The molecule has 8 heteroatoms. The molecule has 6 nitrogen and oxygen atoms in total. The number of rotatable bonds is 7. The molecule has 156 valence electrons. The molecule has 0 bridgehead atoms. The van der Waals surface area contributed by atoms with Crippen molar-refractivity contribution in [1.82, 2.24) is 4.90 Å². The Morgan fingerprint density at radius 3 is 2.60 bits per heavy atom. The van der Waals surface area contributed by atoms with Gasteiger partial charge >= 0.3 is 5.97 Å². The quantitative estimate of drug-likeness (QED) is 0.480. The highest BCUT2D eigenvalue weighted by molar-refractivity contribution is 8.18. The molecule has 1 saturated heterocycles. The number of halogens is 1. The molecule has 0 unspecified atom stereocenters. The van der Waals surface area contributed by atoms with Crippen LogP contribution in [0.4, 0.5) is 9.18 Å². The van der Waals surface area contributed by atoms with Crippen LogP contribution in [-0.2, 0) is 20.9 Å². The van der Waals surface area contributed by atoms with Crippen LogP contribution in [-0.4, -0.2) is 34.7 Å². The largest absolute Gasteiger partial charge is 0.489 e. The van der Waals surface area contributed by atoms with Crippen LogP contribution in [0.15, 0.2) is 53.4 Å². The molecule has 30 heavy (non-hydrogen) atoms. The lowest BCUT2D eigenvalue weighted by atomic mass is 10.2. The van der Waals surface area contributed by atoms with Crippen molar-refractivity contribution in [3.8, 4) is 5.75 Å². The van der Waals surface area contributed by atoms with Gasteiger partial charge < -0.3 is 9.47 Å². The number of carbonyl (C=O) groups excluding carboxylic acids is 3. The Balaban J connectivity index is 1.67. The van der Waals surface area contributed by atoms with Crippen molar-refractivity contribution >= 4 is 35.0 Å². The first kappa shape index (κ1) is 21.6. The SMILES string of the molecule is CC(C)OC(=O)CN1C(=O)S/C(=C\c2cccc(OCc3ccc(F)cc3)c2)C1=O. The maximum Gasteiger partial charge on any atom is 0.326 e. The molecule has 1 heterocycles. The van der Waals surface area contributed by atoms with Gasteiger partial charge in [-0.2, -0.15) is 0 Å². The average Bonchev–Trinajstić information content (AvgIpc) is 2.94. The van der Waals surface area contributed by atoms with Gasteiger partial charge in [-0.15, -0.1) is 0 Å². The number of hydrogen-bond acceptors (Lipinski definition) is 6. The molecule has 0 radical (unpaired) electrons. The van der Waals surface area contributed by atoms with E-state index in [9.17, 15) is 18.8 Å². The molecule has 0 N–H and O–H groups in total. The summed E-state index contributed by atoms with van der Waals surface area (Å²) >= 11 is 0.769. The molecule has 0 atom stereocenters. The van der Waals surface area contributed by atoms with Crippen molar-refractivity contribution in [1.29, 1.82) is 0 Å². The van der Waals surface area contributed by atoms with Gasteiger partial charge in [0.1, 0.15) is 24.7 Å². The molecule has 1 aliphatic heterocycles. The number of ether oxygens (including phenoxy) is 2. The van der Waals surface area contributed by atoms with Gasteiger partial charge in [0.05, 0.1) is 11.0 Å². The van der Waals surface area contributed by atoms with Crippen molar-refractivity contribution in [2.24, 2.45) is 0 Å². The summed E-state index contributed by atoms with van der Waals surface area (Å²) in [6, 6.07) is 13.0. The van der Waals surface area contributed by atoms with Gasteiger partial charge in [0.25, 0.3) is 11.1 Å². The molecular formula is C22H20FNO5S. The molecule has 2 amide bonds. The molecule has 0 saturated carbocycles. The van der Waals surface area contributed by atoms with E-state index in [1.165, 1.54) is 12.1 Å². The van der Waals surface area contributed by atoms with Crippen LogP contribution in [0.25, 0.3) is 6.08 Å². The molecule has 0 aliphatic carbocycles. The third kappa shape index (κ3) is 5.70. The van der Waals surface area contributed by atoms with Crippen LogP contribution in [0, 0.1) is 5.82 Å². The van der Waals surface area contributed by atoms with Gasteiger partial charge in [-0.1, -0.05) is 24.3 Å². The van der Waals surface area contributed by atoms with Crippen molar-refractivity contribution in [3.63, 3.8) is 0 Å². The highest BCUT2D eigenvalue weighted by Gasteiger charge is 2.36. The first-order valence-electron chi connectivity index (χ1n) is 9.24. The van der Waals surface area contributed by atoms with E-state index < -0.39 is 23.7 Å². The summed E-state index contributed by atoms with van der Waals surface area (Å²) in [7, 11) is 0. The lowest BCUT2D eigenvalue weighted by Gasteiger charge is -2.13. The van der Waals surface area contributed by atoms with Crippen molar-refractivity contribution in [2.75, 3.05) is 6.54 Å². The van der Waals surface area contributed by atoms with Crippen LogP contribution in [0.1, 0.15) is 25.0 Å². The molecule has 0 aromatic heterocycles. The highest BCUT2D eigenvalue weighted by atomic mass is 32.2. The summed E-state index contributed by atoms with van der Waals surface area (Å²) in [5.41, 5.74) is 1.48. The van der Waals surface area contributed by atoms with Gasteiger partial charge in [0.2, 0.25) is 0 Å². The summed E-state index contributed by atoms with van der Waals surface area (Å²) in [6.45, 7) is 3.23. The number of esters is 1. The zero-order valence-corrected chi connectivity index (χ0v) is 17.3. The predicted octanol–water partition coefficient (Wildman–Crippen LogP) is 4.39. The Labute approximate surface area is 177 Å². The fourth-order valence-electron chi connectivity index (χ4n) is 2.66. The van der Waals surface area contributed by atoms with E-state index in [0.29, 0.717) is 11.3 Å². The number of thioether (sulfide) groups is 1. The van der Waals surface area contributed by atoms with E-state index in [1.54, 1.807) is 56.3 Å². The van der Waals surface area contributed by atoms with Crippen LogP contribution >= 0.6 is 11.8 Å². The fourth-order valence-corrected chi connectivity index (χ4v) is 3.50. The molecular weight excluding hydrogens is 409 g/mol. The fraction of sp³-hybridized carbons (Fsp3) is 0.227. The second-order valence-corrected chi connectivity index (χ2v) is 7.79. The summed E-state index contributed by atoms with van der Waals surface area (Å²) in [4.78, 5) is 37.5. The first-order valence-corrected chi connectivity index (χ1v) is 10.1. The topological polar surface area (TPSA) is 72.9 Å². The van der Waals surface area contributed by atoms with Crippen molar-refractivity contribution in [3.05, 3.63) is 70.4 Å². The standard InChI is InChI=1S/C22H20FNO5S/c1-14(2)29-20(25)12-24-21(26)19(30-22(24)27)11-16-4-3-5-18(10-16)28-13-15-6-8-17(23)9-7-15/h3-11,14H,12-13H2,1-2H3/b19-11-. The molecule has 2 aromatic rings. The van der Waals surface area contributed by atoms with Crippen LogP contribution in [0.3, 0.4) is 0 Å². The Morgan fingerprint density at radius 1 is 1.17 bits per heavy atom. The second kappa shape index (κ2) is 9.58. The summed E-state index contributed by atoms with van der Waals surface area (Å²) in [5.74, 6) is -0.923. The van der Waals surface area contributed by atoms with E-state index in [4.69, 9.17) is 9.47 Å². The molecule has 3 rings (SSSR count). The molecule has 1 aliphatic rings. The third-order valence-electron chi connectivity index (χ3n) is 4.00. The normalized spacial score (nSPS) is 15.2. The zero-order valence-electron chi connectivity index (χ0n) is 16.5. The first-order chi connectivity index (χ1) is 14.3. The van der Waals surface area contributed by atoms with E-state index in [1.807, 2.05) is 0 Å². The summed E-state index contributed by atoms with van der Waals surface area (Å²) < 4.78 is 23.7. The van der Waals surface area contributed by atoms with E-state index in [2.05, 4.69) is 0 Å². The number of carbonyl (C=O) groups is 3. The highest BCUT2D eigenvalue weighted by Crippen LogP contribution is 2.32. The van der Waals surface area contributed by atoms with Gasteiger partial charge in [-0.3, -0.25) is 19.3 Å². The minimum atomic E-state index is -0.634. The van der Waals surface area contributed by atoms with Gasteiger partial charge in [-0.05, 0) is 67.1 Å². The average molecular weight is 429 g/mol. The summed E-state index contributed by atoms with van der Waals surface area (Å²) in [5, 5.41) is -0.518. The van der Waals surface area contributed by atoms with Crippen molar-refractivity contribution in [2.45, 2.75) is 26.6 Å². The third-order valence-corrected chi connectivity index (χ3v) is 4.91. The van der Waals surface area contributed by atoms with Crippen molar-refractivity contribution < 1.29 is 28.2 Å². The number of nitrogens with zero attached hydrogens (tertiary/aromatic N) is 1. The molecule has 2 aromatic carbocycles. The zero-order chi connectivity index (χ0) is 21.7. The Bertz CT molecular complexity index is 987. The van der Waals surface area contributed by atoms with E-state index in [-0.39, 0.29) is 23.4 Å². The van der Waals surface area contributed by atoms with E-state index in [0.717, 1.165) is 22.2 Å². The minimum absolute atomic E-state index is 0.216. The lowest BCUT2D eigenvalue weighted by molar-refractivity contribution is -0.149. The van der Waals surface area contributed by atoms with Gasteiger partial charge in [0, 0.05) is 0 Å². The summed E-state index contributed by atoms with van der Waals surface area (Å²) in [6.07, 6.45) is 1.24. The predicted molar refractivity (Wildman–Crippen MR) is 111 cm³/mol.